The molecule has 0 saturated carbocycles. The third-order valence-corrected chi connectivity index (χ3v) is 7.85. The first-order chi connectivity index (χ1) is 22.1. The lowest BCUT2D eigenvalue weighted by molar-refractivity contribution is -0.138. The minimum Gasteiger partial charge on any atom is -0.341 e. The molecule has 2 aromatic carbocycles. The smallest absolute Gasteiger partial charge is 0.341 e. The van der Waals surface area contributed by atoms with Crippen LogP contribution in [0.1, 0.15) is 28.4 Å². The number of pyridine rings is 1. The highest BCUT2D eigenvalue weighted by Crippen LogP contribution is 2.36. The average molecular weight is 638 g/mol. The number of imidazole rings is 1. The third kappa shape index (κ3) is 6.37. The number of benzene rings is 2. The van der Waals surface area contributed by atoms with Crippen molar-refractivity contribution in [3.05, 3.63) is 89.6 Å². The maximum absolute atomic E-state index is 15.7. The Kier molecular flexibility index (Phi) is 8.60. The average Bonchev–Trinajstić information content (AvgIpc) is 3.54. The third-order valence-electron chi connectivity index (χ3n) is 7.85. The summed E-state index contributed by atoms with van der Waals surface area (Å²) in [5.74, 6) is -3.13. The number of fused-ring (bicyclic) bond motifs is 1. The summed E-state index contributed by atoms with van der Waals surface area (Å²) in [4.78, 5) is 36.8. The number of anilines is 3. The Morgan fingerprint density at radius 3 is 2.52 bits per heavy atom. The van der Waals surface area contributed by atoms with Crippen molar-refractivity contribution in [2.24, 2.45) is 0 Å². The fraction of sp³-hybridized carbons (Fsp3) is 0.258. The number of nitrogens with one attached hydrogen (secondary N) is 3. The van der Waals surface area contributed by atoms with E-state index in [-0.39, 0.29) is 23.5 Å². The Morgan fingerprint density at radius 1 is 0.978 bits per heavy atom. The van der Waals surface area contributed by atoms with Crippen molar-refractivity contribution in [1.29, 1.82) is 0 Å². The summed E-state index contributed by atoms with van der Waals surface area (Å²) in [6.45, 7) is 5.75. The number of alkyl halides is 3. The summed E-state index contributed by atoms with van der Waals surface area (Å²) in [7, 11) is 0. The van der Waals surface area contributed by atoms with Gasteiger partial charge in [0.2, 0.25) is 0 Å². The van der Waals surface area contributed by atoms with Crippen LogP contribution < -0.4 is 10.6 Å². The molecule has 0 unspecified atom stereocenters. The van der Waals surface area contributed by atoms with Crippen LogP contribution in [0.15, 0.2) is 61.3 Å². The van der Waals surface area contributed by atoms with E-state index in [1.807, 2.05) is 11.8 Å². The molecule has 10 nitrogen and oxygen atoms in total. The van der Waals surface area contributed by atoms with E-state index in [2.05, 4.69) is 40.5 Å². The van der Waals surface area contributed by atoms with Crippen LogP contribution in [0.4, 0.5) is 39.1 Å². The molecule has 15 heteroatoms. The number of halogens is 5. The highest BCUT2D eigenvalue weighted by molar-refractivity contribution is 6.05. The molecular weight excluding hydrogens is 609 g/mol. The van der Waals surface area contributed by atoms with Gasteiger partial charge >= 0.3 is 6.18 Å². The quantitative estimate of drug-likeness (QED) is 0.182. The molecule has 46 heavy (non-hydrogen) atoms. The molecule has 0 spiro atoms. The van der Waals surface area contributed by atoms with Crippen molar-refractivity contribution in [3.63, 3.8) is 0 Å². The van der Waals surface area contributed by atoms with Gasteiger partial charge < -0.3 is 20.5 Å². The van der Waals surface area contributed by atoms with E-state index >= 15 is 4.39 Å². The molecule has 6 rings (SSSR count). The van der Waals surface area contributed by atoms with Gasteiger partial charge in [-0.3, -0.25) is 9.69 Å². The van der Waals surface area contributed by atoms with Gasteiger partial charge in [-0.25, -0.2) is 28.7 Å². The number of carbonyl (C=O) groups excluding carboxylic acids is 1. The molecule has 0 atom stereocenters. The molecule has 3 aromatic heterocycles. The number of hydrogen-bond donors (Lipinski definition) is 3. The number of hydrogen-bond acceptors (Lipinski definition) is 8. The number of likely N-dealkylation sites (N-methyl/N-ethyl adjacent to an activating group) is 1. The minimum absolute atomic E-state index is 0.0377. The van der Waals surface area contributed by atoms with Gasteiger partial charge in [0.25, 0.3) is 5.91 Å². The van der Waals surface area contributed by atoms with Gasteiger partial charge in [0.1, 0.15) is 34.9 Å². The van der Waals surface area contributed by atoms with E-state index < -0.39 is 40.7 Å². The Hall–Kier alpha value is -5.02. The number of H-pyrrole nitrogens is 1. The van der Waals surface area contributed by atoms with Gasteiger partial charge in [-0.1, -0.05) is 13.0 Å². The first-order valence-electron chi connectivity index (χ1n) is 14.4. The molecular formula is C31H28F5N9O. The zero-order chi connectivity index (χ0) is 32.4. The van der Waals surface area contributed by atoms with E-state index in [0.717, 1.165) is 37.8 Å². The van der Waals surface area contributed by atoms with Gasteiger partial charge in [-0.2, -0.15) is 13.2 Å². The maximum Gasteiger partial charge on any atom is 0.416 e. The standard InChI is InChI=1S/C31H28F5N9O/c1-2-44-10-12-45(13-11-44)15-19-6-5-18(14-21(19)31(34,35)36)30(46)42-23-8-7-22(32)26(24(23)33)43-28-20(4-3-9-37-28)25-27-29(40-16-38-25)41-17-39-27/h3-9,14,16-17H,2,10-13,15H2,1H3,(H,37,43)(H,42,46)(H,38,39,40,41). The van der Waals surface area contributed by atoms with E-state index in [1.54, 1.807) is 12.1 Å². The van der Waals surface area contributed by atoms with Gasteiger partial charge in [0.05, 0.1) is 17.6 Å². The minimum atomic E-state index is -4.72. The number of rotatable bonds is 8. The zero-order valence-corrected chi connectivity index (χ0v) is 24.5. The molecule has 1 aliphatic heterocycles. The molecule has 0 aliphatic carbocycles. The Morgan fingerprint density at radius 2 is 1.76 bits per heavy atom. The maximum atomic E-state index is 15.7. The molecule has 4 heterocycles. The van der Waals surface area contributed by atoms with Crippen molar-refractivity contribution >= 4 is 34.3 Å². The molecule has 1 saturated heterocycles. The lowest BCUT2D eigenvalue weighted by Gasteiger charge is -2.34. The second-order valence-corrected chi connectivity index (χ2v) is 10.7. The van der Waals surface area contributed by atoms with Crippen LogP contribution in [0, 0.1) is 11.6 Å². The molecule has 1 amide bonds. The Labute approximate surface area is 259 Å². The zero-order valence-electron chi connectivity index (χ0n) is 24.5. The Balaban J connectivity index is 1.25. The van der Waals surface area contributed by atoms with Crippen LogP contribution in [-0.4, -0.2) is 73.4 Å². The van der Waals surface area contributed by atoms with Gasteiger partial charge in [0.15, 0.2) is 11.5 Å². The van der Waals surface area contributed by atoms with Crippen molar-refractivity contribution in [2.75, 3.05) is 43.4 Å². The molecule has 0 radical (unpaired) electrons. The summed E-state index contributed by atoms with van der Waals surface area (Å²) >= 11 is 0. The normalized spacial score (nSPS) is 14.5. The summed E-state index contributed by atoms with van der Waals surface area (Å²) in [6.07, 6.45) is -0.596. The predicted molar refractivity (Wildman–Crippen MR) is 161 cm³/mol. The van der Waals surface area contributed by atoms with Crippen LogP contribution in [0.2, 0.25) is 0 Å². The predicted octanol–water partition coefficient (Wildman–Crippen LogP) is 5.85. The molecule has 3 N–H and O–H groups in total. The molecule has 0 bridgehead atoms. The lowest BCUT2D eigenvalue weighted by atomic mass is 10.0. The number of piperazine rings is 1. The highest BCUT2D eigenvalue weighted by atomic mass is 19.4. The first kappa shape index (κ1) is 31.0. The summed E-state index contributed by atoms with van der Waals surface area (Å²) in [5, 5.41) is 4.92. The largest absolute Gasteiger partial charge is 0.416 e. The fourth-order valence-corrected chi connectivity index (χ4v) is 5.37. The van der Waals surface area contributed by atoms with Crippen molar-refractivity contribution in [2.45, 2.75) is 19.6 Å². The number of aromatic nitrogens is 5. The molecule has 238 valence electrons. The summed E-state index contributed by atoms with van der Waals surface area (Å²) < 4.78 is 72.9. The van der Waals surface area contributed by atoms with Crippen LogP contribution in [0.5, 0.6) is 0 Å². The van der Waals surface area contributed by atoms with Gasteiger partial charge in [0, 0.05) is 50.0 Å². The van der Waals surface area contributed by atoms with E-state index in [1.165, 1.54) is 31.0 Å². The number of nitrogens with zero attached hydrogens (tertiary/aromatic N) is 6. The van der Waals surface area contributed by atoms with Crippen molar-refractivity contribution in [3.8, 4) is 11.3 Å². The first-order valence-corrected chi connectivity index (χ1v) is 14.4. The fourth-order valence-electron chi connectivity index (χ4n) is 5.37. The van der Waals surface area contributed by atoms with Gasteiger partial charge in [-0.15, -0.1) is 0 Å². The van der Waals surface area contributed by atoms with Crippen LogP contribution in [-0.2, 0) is 12.7 Å². The molecule has 5 aromatic rings. The topological polar surface area (TPSA) is 115 Å². The van der Waals surface area contributed by atoms with E-state index in [0.29, 0.717) is 35.5 Å². The van der Waals surface area contributed by atoms with Crippen molar-refractivity contribution in [1.82, 2.24) is 34.7 Å². The van der Waals surface area contributed by atoms with Crippen LogP contribution in [0.3, 0.4) is 0 Å². The highest BCUT2D eigenvalue weighted by Gasteiger charge is 2.35. The number of carbonyl (C=O) groups is 1. The molecule has 1 aliphatic rings. The number of aromatic amines is 1. The van der Waals surface area contributed by atoms with Crippen LogP contribution >= 0.6 is 0 Å². The second-order valence-electron chi connectivity index (χ2n) is 10.7. The van der Waals surface area contributed by atoms with E-state index in [4.69, 9.17) is 0 Å². The molecule has 1 fully saturated rings. The number of amides is 1. The van der Waals surface area contributed by atoms with Crippen LogP contribution in [0.25, 0.3) is 22.4 Å². The SMILES string of the molecule is CCN1CCN(Cc2ccc(C(=O)Nc3ccc(F)c(Nc4ncccc4-c4ncnc5nc[nH]c45)c3F)cc2C(F)(F)F)CC1. The van der Waals surface area contributed by atoms with Crippen molar-refractivity contribution < 1.29 is 26.7 Å². The van der Waals surface area contributed by atoms with Gasteiger partial charge in [-0.05, 0) is 48.5 Å². The second kappa shape index (κ2) is 12.8. The summed E-state index contributed by atoms with van der Waals surface area (Å²) in [6, 6.07) is 8.44. The van der Waals surface area contributed by atoms with E-state index in [9.17, 15) is 22.4 Å². The monoisotopic (exact) mass is 637 g/mol. The Bertz CT molecular complexity index is 1890. The summed E-state index contributed by atoms with van der Waals surface area (Å²) in [5.41, 5.74) is -0.728. The lowest BCUT2D eigenvalue weighted by Crippen LogP contribution is -2.45.